The third kappa shape index (κ3) is 4.32. The highest BCUT2D eigenvalue weighted by Gasteiger charge is 2.29. The SMILES string of the molecule is CC(=O)Nc1ccc(NC(=O)CC2SC(N)=NC2=O)cc1. The lowest BCUT2D eigenvalue weighted by atomic mass is 10.2. The summed E-state index contributed by atoms with van der Waals surface area (Å²) in [6, 6.07) is 6.68. The first kappa shape index (κ1) is 15.0. The molecule has 1 aliphatic heterocycles. The monoisotopic (exact) mass is 306 g/mol. The van der Waals surface area contributed by atoms with Gasteiger partial charge in [-0.15, -0.1) is 0 Å². The van der Waals surface area contributed by atoms with E-state index >= 15 is 0 Å². The summed E-state index contributed by atoms with van der Waals surface area (Å²) in [5.41, 5.74) is 6.65. The molecule has 8 heteroatoms. The van der Waals surface area contributed by atoms with Gasteiger partial charge in [-0.3, -0.25) is 14.4 Å². The van der Waals surface area contributed by atoms with E-state index in [0.717, 1.165) is 11.8 Å². The number of anilines is 2. The molecular weight excluding hydrogens is 292 g/mol. The second-order valence-electron chi connectivity index (χ2n) is 4.41. The molecule has 1 aromatic carbocycles. The lowest BCUT2D eigenvalue weighted by Crippen LogP contribution is -2.21. The van der Waals surface area contributed by atoms with Crippen molar-refractivity contribution in [3.05, 3.63) is 24.3 Å². The average Bonchev–Trinajstić information content (AvgIpc) is 2.69. The van der Waals surface area contributed by atoms with Gasteiger partial charge in [0, 0.05) is 24.7 Å². The van der Waals surface area contributed by atoms with E-state index in [-0.39, 0.29) is 29.3 Å². The van der Waals surface area contributed by atoms with Gasteiger partial charge in [-0.1, -0.05) is 11.8 Å². The van der Waals surface area contributed by atoms with Crippen LogP contribution in [0.1, 0.15) is 13.3 Å². The number of amides is 3. The zero-order valence-corrected chi connectivity index (χ0v) is 12.1. The Morgan fingerprint density at radius 1 is 1.24 bits per heavy atom. The molecule has 0 radical (unpaired) electrons. The van der Waals surface area contributed by atoms with Crippen molar-refractivity contribution < 1.29 is 14.4 Å². The van der Waals surface area contributed by atoms with Crippen LogP contribution in [0.15, 0.2) is 29.3 Å². The molecule has 0 aliphatic carbocycles. The van der Waals surface area contributed by atoms with Crippen molar-refractivity contribution in [1.29, 1.82) is 0 Å². The first-order valence-electron chi connectivity index (χ1n) is 6.16. The maximum atomic E-state index is 11.8. The van der Waals surface area contributed by atoms with Gasteiger partial charge in [-0.25, -0.2) is 0 Å². The largest absolute Gasteiger partial charge is 0.378 e. The van der Waals surface area contributed by atoms with Crippen molar-refractivity contribution in [2.45, 2.75) is 18.6 Å². The summed E-state index contributed by atoms with van der Waals surface area (Å²) in [6.45, 7) is 1.42. The number of amidine groups is 1. The standard InChI is InChI=1S/C13H14N4O3S/c1-7(18)15-8-2-4-9(5-3-8)16-11(19)6-10-12(20)17-13(14)21-10/h2-5,10H,6H2,1H3,(H,15,18)(H,16,19)(H2,14,17,20). The van der Waals surface area contributed by atoms with E-state index in [1.165, 1.54) is 6.92 Å². The molecule has 0 bridgehead atoms. The van der Waals surface area contributed by atoms with E-state index in [9.17, 15) is 14.4 Å². The Balaban J connectivity index is 1.88. The Labute approximate surface area is 125 Å². The Morgan fingerprint density at radius 3 is 2.29 bits per heavy atom. The minimum Gasteiger partial charge on any atom is -0.378 e. The fourth-order valence-electron chi connectivity index (χ4n) is 1.75. The van der Waals surface area contributed by atoms with Crippen molar-refractivity contribution in [1.82, 2.24) is 0 Å². The average molecular weight is 306 g/mol. The van der Waals surface area contributed by atoms with Gasteiger partial charge in [-0.05, 0) is 24.3 Å². The van der Waals surface area contributed by atoms with Crippen molar-refractivity contribution >= 4 is 46.0 Å². The van der Waals surface area contributed by atoms with Crippen molar-refractivity contribution in [3.8, 4) is 0 Å². The molecule has 0 fully saturated rings. The molecule has 0 saturated carbocycles. The van der Waals surface area contributed by atoms with Gasteiger partial charge < -0.3 is 16.4 Å². The third-order valence-corrected chi connectivity index (χ3v) is 3.60. The first-order chi connectivity index (χ1) is 9.94. The van der Waals surface area contributed by atoms with Crippen molar-refractivity contribution in [2.24, 2.45) is 10.7 Å². The molecule has 7 nitrogen and oxygen atoms in total. The summed E-state index contributed by atoms with van der Waals surface area (Å²) in [4.78, 5) is 37.7. The predicted octanol–water partition coefficient (Wildman–Crippen LogP) is 0.930. The molecule has 1 aromatic rings. The van der Waals surface area contributed by atoms with Crippen LogP contribution >= 0.6 is 11.8 Å². The van der Waals surface area contributed by atoms with Crippen LogP contribution in [0, 0.1) is 0 Å². The van der Waals surface area contributed by atoms with E-state index in [1.54, 1.807) is 24.3 Å². The highest BCUT2D eigenvalue weighted by Crippen LogP contribution is 2.23. The second kappa shape index (κ2) is 6.40. The highest BCUT2D eigenvalue weighted by molar-refractivity contribution is 8.15. The molecule has 3 amide bonds. The fraction of sp³-hybridized carbons (Fsp3) is 0.231. The molecule has 0 saturated heterocycles. The zero-order chi connectivity index (χ0) is 15.4. The molecule has 0 spiro atoms. The van der Waals surface area contributed by atoms with Gasteiger partial charge in [0.1, 0.15) is 5.25 Å². The minimum atomic E-state index is -0.552. The zero-order valence-electron chi connectivity index (χ0n) is 11.3. The lowest BCUT2D eigenvalue weighted by molar-refractivity contribution is -0.121. The number of hydrogen-bond donors (Lipinski definition) is 3. The fourth-order valence-corrected chi connectivity index (χ4v) is 2.58. The smallest absolute Gasteiger partial charge is 0.262 e. The number of aliphatic imine (C=N–C) groups is 1. The maximum Gasteiger partial charge on any atom is 0.262 e. The number of benzene rings is 1. The quantitative estimate of drug-likeness (QED) is 0.765. The number of nitrogens with zero attached hydrogens (tertiary/aromatic N) is 1. The molecule has 1 heterocycles. The highest BCUT2D eigenvalue weighted by atomic mass is 32.2. The van der Waals surface area contributed by atoms with Crippen LogP contribution in [0.25, 0.3) is 0 Å². The van der Waals surface area contributed by atoms with E-state index < -0.39 is 5.25 Å². The second-order valence-corrected chi connectivity index (χ2v) is 5.63. The van der Waals surface area contributed by atoms with Crippen LogP contribution < -0.4 is 16.4 Å². The van der Waals surface area contributed by atoms with Crippen LogP contribution in [-0.2, 0) is 14.4 Å². The third-order valence-electron chi connectivity index (χ3n) is 2.62. The Morgan fingerprint density at radius 2 is 1.81 bits per heavy atom. The molecule has 110 valence electrons. The summed E-state index contributed by atoms with van der Waals surface area (Å²) < 4.78 is 0. The van der Waals surface area contributed by atoms with Crippen LogP contribution in [0.4, 0.5) is 11.4 Å². The molecule has 0 aromatic heterocycles. The summed E-state index contributed by atoms with van der Waals surface area (Å²) in [5.74, 6) is -0.840. The summed E-state index contributed by atoms with van der Waals surface area (Å²) in [5, 5.41) is 4.94. The summed E-state index contributed by atoms with van der Waals surface area (Å²) >= 11 is 1.09. The molecule has 1 unspecified atom stereocenters. The van der Waals surface area contributed by atoms with Gasteiger partial charge in [0.15, 0.2) is 5.17 Å². The van der Waals surface area contributed by atoms with E-state index in [0.29, 0.717) is 11.4 Å². The number of carbonyl (C=O) groups excluding carboxylic acids is 3. The van der Waals surface area contributed by atoms with Gasteiger partial charge in [-0.2, -0.15) is 4.99 Å². The topological polar surface area (TPSA) is 114 Å². The van der Waals surface area contributed by atoms with Crippen LogP contribution in [-0.4, -0.2) is 28.1 Å². The van der Waals surface area contributed by atoms with Crippen molar-refractivity contribution in [2.75, 3.05) is 10.6 Å². The van der Waals surface area contributed by atoms with E-state index in [2.05, 4.69) is 15.6 Å². The lowest BCUT2D eigenvalue weighted by Gasteiger charge is -2.09. The Hall–Kier alpha value is -2.35. The van der Waals surface area contributed by atoms with Crippen LogP contribution in [0.2, 0.25) is 0 Å². The molecule has 2 rings (SSSR count). The van der Waals surface area contributed by atoms with Crippen LogP contribution in [0.5, 0.6) is 0 Å². The number of nitrogens with two attached hydrogens (primary N) is 1. The van der Waals surface area contributed by atoms with E-state index in [4.69, 9.17) is 5.73 Å². The molecule has 21 heavy (non-hydrogen) atoms. The van der Waals surface area contributed by atoms with E-state index in [1.807, 2.05) is 0 Å². The number of nitrogens with one attached hydrogen (secondary N) is 2. The summed E-state index contributed by atoms with van der Waals surface area (Å²) in [6.07, 6.45) is 0.0150. The Bertz CT molecular complexity index is 612. The first-order valence-corrected chi connectivity index (χ1v) is 7.04. The maximum absolute atomic E-state index is 11.8. The number of carbonyl (C=O) groups is 3. The molecule has 1 atom stereocenters. The van der Waals surface area contributed by atoms with Gasteiger partial charge in [0.2, 0.25) is 11.8 Å². The summed E-state index contributed by atoms with van der Waals surface area (Å²) in [7, 11) is 0. The number of thioether (sulfide) groups is 1. The van der Waals surface area contributed by atoms with Gasteiger partial charge in [0.05, 0.1) is 0 Å². The van der Waals surface area contributed by atoms with Crippen LogP contribution in [0.3, 0.4) is 0 Å². The van der Waals surface area contributed by atoms with Gasteiger partial charge in [0.25, 0.3) is 5.91 Å². The van der Waals surface area contributed by atoms with Gasteiger partial charge >= 0.3 is 0 Å². The Kier molecular flexibility index (Phi) is 4.59. The number of hydrogen-bond acceptors (Lipinski definition) is 5. The molecule has 4 N–H and O–H groups in total. The van der Waals surface area contributed by atoms with Crippen molar-refractivity contribution in [3.63, 3.8) is 0 Å². The normalized spacial score (nSPS) is 17.3. The molecular formula is C13H14N4O3S. The molecule has 1 aliphatic rings. The predicted molar refractivity (Wildman–Crippen MR) is 82.0 cm³/mol. The minimum absolute atomic E-state index is 0.0150. The number of rotatable bonds is 4.